The molecule has 2 atom stereocenters. The predicted molar refractivity (Wildman–Crippen MR) is 117 cm³/mol. The van der Waals surface area contributed by atoms with Gasteiger partial charge in [-0.2, -0.15) is 15.8 Å². The minimum atomic E-state index is -1.56. The highest BCUT2D eigenvalue weighted by molar-refractivity contribution is 5.59. The van der Waals surface area contributed by atoms with E-state index in [4.69, 9.17) is 5.73 Å². The maximum Gasteiger partial charge on any atom is 0.191 e. The summed E-state index contributed by atoms with van der Waals surface area (Å²) >= 11 is 0. The zero-order valence-corrected chi connectivity index (χ0v) is 18.2. The van der Waals surface area contributed by atoms with Gasteiger partial charge in [0.25, 0.3) is 0 Å². The summed E-state index contributed by atoms with van der Waals surface area (Å²) in [5.74, 6) is -0.559. The smallest absolute Gasteiger partial charge is 0.191 e. The molecule has 1 aromatic rings. The molecule has 0 unspecified atom stereocenters. The number of nitrogens with two attached hydrogens (primary N) is 1. The fourth-order valence-electron chi connectivity index (χ4n) is 4.81. The highest BCUT2D eigenvalue weighted by atomic mass is 15.1. The number of hydrogen-bond donors (Lipinski definition) is 1. The lowest BCUT2D eigenvalue weighted by Crippen LogP contribution is -2.48. The number of allylic oxidation sites excluding steroid dienone is 2. The summed E-state index contributed by atoms with van der Waals surface area (Å²) in [7, 11) is 0. The molecule has 0 bridgehead atoms. The SMILES string of the molecule is CCCN1CC=C2C(C#N)=C(N)C(C#N)(C#N)[C@@H](c3ccc(C(C)(C)C)cc3)[C@@H]2C1. The Morgan fingerprint density at radius 2 is 1.77 bits per heavy atom. The summed E-state index contributed by atoms with van der Waals surface area (Å²) in [4.78, 5) is 2.32. The van der Waals surface area contributed by atoms with Gasteiger partial charge in [0.1, 0.15) is 6.07 Å². The molecule has 154 valence electrons. The molecule has 0 radical (unpaired) electrons. The molecule has 1 aromatic carbocycles. The average molecular weight is 400 g/mol. The van der Waals surface area contributed by atoms with Gasteiger partial charge in [-0.25, -0.2) is 0 Å². The molecular weight excluding hydrogens is 370 g/mol. The van der Waals surface area contributed by atoms with Crippen LogP contribution in [-0.2, 0) is 5.41 Å². The minimum Gasteiger partial charge on any atom is -0.399 e. The topological polar surface area (TPSA) is 101 Å². The monoisotopic (exact) mass is 399 g/mol. The normalized spacial score (nSPS) is 23.6. The standard InChI is InChI=1S/C25H29N5/c1-5-11-30-12-10-19-20(13-26)23(29)25(15-27,16-28)22(21(19)14-30)17-6-8-18(9-7-17)24(2,3)4/h6-10,21-22H,5,11-12,14,29H2,1-4H3/t21-,22+/m1/s1. The molecule has 2 aliphatic rings. The van der Waals surface area contributed by atoms with Crippen molar-refractivity contribution in [3.8, 4) is 18.2 Å². The lowest BCUT2D eigenvalue weighted by molar-refractivity contribution is 0.207. The van der Waals surface area contributed by atoms with Gasteiger partial charge in [0, 0.05) is 24.9 Å². The van der Waals surface area contributed by atoms with Gasteiger partial charge in [0.05, 0.1) is 23.4 Å². The Hall–Kier alpha value is -3.07. The van der Waals surface area contributed by atoms with Crippen LogP contribution in [0.1, 0.15) is 51.2 Å². The molecule has 5 heteroatoms. The van der Waals surface area contributed by atoms with Crippen LogP contribution in [0.4, 0.5) is 0 Å². The molecule has 3 rings (SSSR count). The van der Waals surface area contributed by atoms with Gasteiger partial charge in [-0.05, 0) is 35.1 Å². The first-order valence-electron chi connectivity index (χ1n) is 10.5. The van der Waals surface area contributed by atoms with Crippen molar-refractivity contribution in [2.24, 2.45) is 17.1 Å². The summed E-state index contributed by atoms with van der Waals surface area (Å²) in [6, 6.07) is 14.8. The van der Waals surface area contributed by atoms with Crippen molar-refractivity contribution in [1.29, 1.82) is 15.8 Å². The van der Waals surface area contributed by atoms with Gasteiger partial charge >= 0.3 is 0 Å². The Morgan fingerprint density at radius 3 is 2.27 bits per heavy atom. The Morgan fingerprint density at radius 1 is 1.13 bits per heavy atom. The van der Waals surface area contributed by atoms with Crippen molar-refractivity contribution in [3.63, 3.8) is 0 Å². The van der Waals surface area contributed by atoms with Crippen molar-refractivity contribution in [3.05, 3.63) is 58.3 Å². The van der Waals surface area contributed by atoms with Crippen LogP contribution in [-0.4, -0.2) is 24.5 Å². The van der Waals surface area contributed by atoms with Crippen LogP contribution < -0.4 is 5.73 Å². The molecule has 30 heavy (non-hydrogen) atoms. The largest absolute Gasteiger partial charge is 0.399 e. The van der Waals surface area contributed by atoms with E-state index >= 15 is 0 Å². The van der Waals surface area contributed by atoms with Crippen LogP contribution in [0, 0.1) is 45.3 Å². The van der Waals surface area contributed by atoms with Gasteiger partial charge in [0.2, 0.25) is 0 Å². The van der Waals surface area contributed by atoms with E-state index in [0.29, 0.717) is 12.1 Å². The maximum atomic E-state index is 10.2. The van der Waals surface area contributed by atoms with E-state index in [0.717, 1.165) is 30.6 Å². The van der Waals surface area contributed by atoms with Crippen molar-refractivity contribution in [2.45, 2.75) is 45.4 Å². The Bertz CT molecular complexity index is 988. The van der Waals surface area contributed by atoms with Crippen LogP contribution >= 0.6 is 0 Å². The fraction of sp³-hybridized carbons (Fsp3) is 0.480. The van der Waals surface area contributed by atoms with Gasteiger partial charge in [-0.15, -0.1) is 0 Å². The molecule has 0 saturated carbocycles. The van der Waals surface area contributed by atoms with Crippen LogP contribution in [0.5, 0.6) is 0 Å². The van der Waals surface area contributed by atoms with E-state index in [9.17, 15) is 15.8 Å². The Balaban J connectivity index is 2.22. The molecular formula is C25H29N5. The quantitative estimate of drug-likeness (QED) is 0.824. The number of rotatable bonds is 3. The third-order valence-electron chi connectivity index (χ3n) is 6.42. The second-order valence-electron chi connectivity index (χ2n) is 9.31. The summed E-state index contributed by atoms with van der Waals surface area (Å²) in [6.45, 7) is 11.0. The Kier molecular flexibility index (Phi) is 5.76. The van der Waals surface area contributed by atoms with E-state index in [-0.39, 0.29) is 17.0 Å². The van der Waals surface area contributed by atoms with Gasteiger partial charge in [-0.1, -0.05) is 58.0 Å². The second kappa shape index (κ2) is 7.98. The molecule has 1 aliphatic carbocycles. The van der Waals surface area contributed by atoms with E-state index in [2.05, 4.69) is 69.0 Å². The van der Waals surface area contributed by atoms with Gasteiger partial charge in [-0.3, -0.25) is 4.90 Å². The lowest BCUT2D eigenvalue weighted by atomic mass is 9.58. The van der Waals surface area contributed by atoms with Crippen LogP contribution in [0.3, 0.4) is 0 Å². The highest BCUT2D eigenvalue weighted by Gasteiger charge is 2.54. The molecule has 1 heterocycles. The zero-order chi connectivity index (χ0) is 22.1. The van der Waals surface area contributed by atoms with Gasteiger partial charge in [0.15, 0.2) is 5.41 Å². The maximum absolute atomic E-state index is 10.2. The molecule has 0 saturated heterocycles. The van der Waals surface area contributed by atoms with Crippen molar-refractivity contribution in [1.82, 2.24) is 4.90 Å². The summed E-state index contributed by atoms with van der Waals surface area (Å²) in [5.41, 5.74) is 8.20. The van der Waals surface area contributed by atoms with E-state index in [1.54, 1.807) is 0 Å². The van der Waals surface area contributed by atoms with E-state index in [1.807, 2.05) is 12.1 Å². The molecule has 1 aliphatic heterocycles. The van der Waals surface area contributed by atoms with Gasteiger partial charge < -0.3 is 5.73 Å². The van der Waals surface area contributed by atoms with Crippen LogP contribution in [0.15, 0.2) is 47.2 Å². The molecule has 0 fully saturated rings. The Labute approximate surface area is 179 Å². The number of nitrogens with zero attached hydrogens (tertiary/aromatic N) is 4. The number of hydrogen-bond acceptors (Lipinski definition) is 5. The zero-order valence-electron chi connectivity index (χ0n) is 18.2. The van der Waals surface area contributed by atoms with Crippen molar-refractivity contribution < 1.29 is 0 Å². The summed E-state index contributed by atoms with van der Waals surface area (Å²) in [6.07, 6.45) is 3.08. The van der Waals surface area contributed by atoms with E-state index in [1.165, 1.54) is 5.56 Å². The molecule has 5 nitrogen and oxygen atoms in total. The lowest BCUT2D eigenvalue weighted by Gasteiger charge is -2.45. The number of fused-ring (bicyclic) bond motifs is 1. The molecule has 0 aromatic heterocycles. The number of nitriles is 3. The molecule has 2 N–H and O–H groups in total. The second-order valence-corrected chi connectivity index (χ2v) is 9.31. The average Bonchev–Trinajstić information content (AvgIpc) is 2.73. The number of benzene rings is 1. The fourth-order valence-corrected chi connectivity index (χ4v) is 4.81. The van der Waals surface area contributed by atoms with Crippen LogP contribution in [0.25, 0.3) is 0 Å². The predicted octanol–water partition coefficient (Wildman–Crippen LogP) is 4.12. The third kappa shape index (κ3) is 3.39. The first-order valence-corrected chi connectivity index (χ1v) is 10.5. The highest BCUT2D eigenvalue weighted by Crippen LogP contribution is 2.54. The minimum absolute atomic E-state index is 0.00732. The van der Waals surface area contributed by atoms with Crippen molar-refractivity contribution in [2.75, 3.05) is 19.6 Å². The third-order valence-corrected chi connectivity index (χ3v) is 6.42. The molecule has 0 spiro atoms. The first-order chi connectivity index (χ1) is 14.2. The molecule has 0 amide bonds. The van der Waals surface area contributed by atoms with E-state index < -0.39 is 11.3 Å². The first kappa shape index (κ1) is 21.6. The summed E-state index contributed by atoms with van der Waals surface area (Å²) < 4.78 is 0. The van der Waals surface area contributed by atoms with Crippen molar-refractivity contribution >= 4 is 0 Å². The van der Waals surface area contributed by atoms with Crippen LogP contribution in [0.2, 0.25) is 0 Å². The summed E-state index contributed by atoms with van der Waals surface area (Å²) in [5, 5.41) is 30.2.